The lowest BCUT2D eigenvalue weighted by Crippen LogP contribution is -2.04. The molecular formula is C10H17Br. The summed E-state index contributed by atoms with van der Waals surface area (Å²) in [4.78, 5) is 0. The van der Waals surface area contributed by atoms with Gasteiger partial charge in [0.1, 0.15) is 0 Å². The Bertz CT molecular complexity index is 112. The van der Waals surface area contributed by atoms with Crippen LogP contribution < -0.4 is 0 Å². The summed E-state index contributed by atoms with van der Waals surface area (Å²) in [5.41, 5.74) is 0. The van der Waals surface area contributed by atoms with Crippen LogP contribution in [0.1, 0.15) is 38.5 Å². The number of hydrogen-bond donors (Lipinski definition) is 0. The van der Waals surface area contributed by atoms with Crippen molar-refractivity contribution >= 4 is 15.9 Å². The maximum atomic E-state index is 3.39. The van der Waals surface area contributed by atoms with Crippen LogP contribution in [0.4, 0.5) is 0 Å². The fourth-order valence-electron chi connectivity index (χ4n) is 1.77. The fourth-order valence-corrected chi connectivity index (χ4v) is 2.04. The Kier molecular flexibility index (Phi) is 4.92. The zero-order valence-electron chi connectivity index (χ0n) is 7.06. The van der Waals surface area contributed by atoms with Gasteiger partial charge in [0, 0.05) is 5.33 Å². The smallest absolute Gasteiger partial charge is 0.0212 e. The Labute approximate surface area is 78.2 Å². The molecular weight excluding hydrogens is 200 g/mol. The molecule has 1 fully saturated rings. The van der Waals surface area contributed by atoms with Crippen LogP contribution in [-0.2, 0) is 0 Å². The van der Waals surface area contributed by atoms with Crippen LogP contribution in [0.2, 0.25) is 0 Å². The molecule has 0 aromatic heterocycles. The van der Waals surface area contributed by atoms with Crippen molar-refractivity contribution in [2.45, 2.75) is 38.5 Å². The third-order valence-electron chi connectivity index (χ3n) is 2.45. The molecule has 0 nitrogen and oxygen atoms in total. The SMILES string of the molecule is BrC/C=C/CC1CCCCC1. The molecule has 11 heavy (non-hydrogen) atoms. The molecule has 0 saturated heterocycles. The van der Waals surface area contributed by atoms with Crippen molar-refractivity contribution in [3.05, 3.63) is 12.2 Å². The average Bonchev–Trinajstić information content (AvgIpc) is 2.07. The molecule has 0 aliphatic heterocycles. The molecule has 0 amide bonds. The van der Waals surface area contributed by atoms with Gasteiger partial charge in [-0.1, -0.05) is 60.2 Å². The van der Waals surface area contributed by atoms with Crippen LogP contribution in [0.25, 0.3) is 0 Å². The Hall–Kier alpha value is 0.220. The number of rotatable bonds is 3. The largest absolute Gasteiger partial charge is 0.0883 e. The predicted octanol–water partition coefficient (Wildman–Crippen LogP) is 3.91. The summed E-state index contributed by atoms with van der Waals surface area (Å²) in [6.07, 6.45) is 13.2. The second-order valence-corrected chi connectivity index (χ2v) is 4.01. The van der Waals surface area contributed by atoms with Gasteiger partial charge >= 0.3 is 0 Å². The maximum absolute atomic E-state index is 3.39. The van der Waals surface area contributed by atoms with Gasteiger partial charge in [-0.15, -0.1) is 0 Å². The minimum Gasteiger partial charge on any atom is -0.0883 e. The summed E-state index contributed by atoms with van der Waals surface area (Å²) in [5.74, 6) is 0.999. The van der Waals surface area contributed by atoms with Gasteiger partial charge in [0.25, 0.3) is 0 Å². The fraction of sp³-hybridized carbons (Fsp3) is 0.800. The van der Waals surface area contributed by atoms with Gasteiger partial charge in [-0.25, -0.2) is 0 Å². The number of halogens is 1. The van der Waals surface area contributed by atoms with Gasteiger partial charge in [-0.3, -0.25) is 0 Å². The number of hydrogen-bond acceptors (Lipinski definition) is 0. The van der Waals surface area contributed by atoms with Crippen molar-refractivity contribution in [2.24, 2.45) is 5.92 Å². The first-order valence-electron chi connectivity index (χ1n) is 4.64. The Morgan fingerprint density at radius 3 is 2.45 bits per heavy atom. The molecule has 0 spiro atoms. The molecule has 1 rings (SSSR count). The first-order valence-corrected chi connectivity index (χ1v) is 5.76. The van der Waals surface area contributed by atoms with Crippen molar-refractivity contribution in [1.82, 2.24) is 0 Å². The summed E-state index contributed by atoms with van der Waals surface area (Å²) in [7, 11) is 0. The Morgan fingerprint density at radius 2 is 1.82 bits per heavy atom. The summed E-state index contributed by atoms with van der Waals surface area (Å²) in [6, 6.07) is 0. The van der Waals surface area contributed by atoms with E-state index in [2.05, 4.69) is 28.1 Å². The summed E-state index contributed by atoms with van der Waals surface area (Å²) < 4.78 is 0. The van der Waals surface area contributed by atoms with E-state index >= 15 is 0 Å². The second kappa shape index (κ2) is 5.82. The van der Waals surface area contributed by atoms with Crippen LogP contribution in [0.15, 0.2) is 12.2 Å². The van der Waals surface area contributed by atoms with Gasteiger partial charge in [0.15, 0.2) is 0 Å². The monoisotopic (exact) mass is 216 g/mol. The quantitative estimate of drug-likeness (QED) is 0.496. The molecule has 0 aromatic rings. The summed E-state index contributed by atoms with van der Waals surface area (Å²) in [5, 5.41) is 1.01. The van der Waals surface area contributed by atoms with Gasteiger partial charge in [-0.2, -0.15) is 0 Å². The van der Waals surface area contributed by atoms with Crippen LogP contribution in [0.5, 0.6) is 0 Å². The van der Waals surface area contributed by atoms with E-state index in [1.165, 1.54) is 38.5 Å². The third-order valence-corrected chi connectivity index (χ3v) is 2.82. The van der Waals surface area contributed by atoms with Crippen LogP contribution in [0.3, 0.4) is 0 Å². The lowest BCUT2D eigenvalue weighted by Gasteiger charge is -2.19. The minimum absolute atomic E-state index is 0.999. The zero-order chi connectivity index (χ0) is 7.94. The zero-order valence-corrected chi connectivity index (χ0v) is 8.65. The molecule has 0 heterocycles. The first kappa shape index (κ1) is 9.31. The van der Waals surface area contributed by atoms with E-state index in [9.17, 15) is 0 Å². The third kappa shape index (κ3) is 3.95. The molecule has 1 aliphatic rings. The molecule has 1 saturated carbocycles. The molecule has 0 bridgehead atoms. The highest BCUT2D eigenvalue weighted by molar-refractivity contribution is 9.09. The predicted molar refractivity (Wildman–Crippen MR) is 54.1 cm³/mol. The number of alkyl halides is 1. The molecule has 0 radical (unpaired) electrons. The van der Waals surface area contributed by atoms with Gasteiger partial charge < -0.3 is 0 Å². The normalized spacial score (nSPS) is 21.2. The van der Waals surface area contributed by atoms with Crippen molar-refractivity contribution in [3.8, 4) is 0 Å². The Balaban J connectivity index is 2.09. The van der Waals surface area contributed by atoms with Crippen LogP contribution in [-0.4, -0.2) is 5.33 Å². The number of allylic oxidation sites excluding steroid dienone is 2. The van der Waals surface area contributed by atoms with Crippen LogP contribution in [0, 0.1) is 5.92 Å². The summed E-state index contributed by atoms with van der Waals surface area (Å²) >= 11 is 3.39. The van der Waals surface area contributed by atoms with Crippen molar-refractivity contribution in [3.63, 3.8) is 0 Å². The van der Waals surface area contributed by atoms with E-state index in [0.29, 0.717) is 0 Å². The first-order chi connectivity index (χ1) is 5.43. The second-order valence-electron chi connectivity index (χ2n) is 3.37. The average molecular weight is 217 g/mol. The van der Waals surface area contributed by atoms with Gasteiger partial charge in [-0.05, 0) is 12.3 Å². The van der Waals surface area contributed by atoms with Crippen molar-refractivity contribution < 1.29 is 0 Å². The molecule has 0 aromatic carbocycles. The summed E-state index contributed by atoms with van der Waals surface area (Å²) in [6.45, 7) is 0. The minimum atomic E-state index is 0.999. The van der Waals surface area contributed by atoms with E-state index in [4.69, 9.17) is 0 Å². The highest BCUT2D eigenvalue weighted by atomic mass is 79.9. The lowest BCUT2D eigenvalue weighted by molar-refractivity contribution is 0.361. The van der Waals surface area contributed by atoms with Crippen molar-refractivity contribution in [2.75, 3.05) is 5.33 Å². The molecule has 0 unspecified atom stereocenters. The van der Waals surface area contributed by atoms with Gasteiger partial charge in [0.05, 0.1) is 0 Å². The maximum Gasteiger partial charge on any atom is 0.0212 e. The van der Waals surface area contributed by atoms with Crippen LogP contribution >= 0.6 is 15.9 Å². The van der Waals surface area contributed by atoms with E-state index in [1.807, 2.05) is 0 Å². The topological polar surface area (TPSA) is 0 Å². The molecule has 0 N–H and O–H groups in total. The van der Waals surface area contributed by atoms with E-state index in [-0.39, 0.29) is 0 Å². The molecule has 64 valence electrons. The van der Waals surface area contributed by atoms with E-state index < -0.39 is 0 Å². The Morgan fingerprint density at radius 1 is 1.09 bits per heavy atom. The van der Waals surface area contributed by atoms with Gasteiger partial charge in [0.2, 0.25) is 0 Å². The lowest BCUT2D eigenvalue weighted by atomic mass is 9.87. The standard InChI is InChI=1S/C10H17Br/c11-9-5-4-8-10-6-2-1-3-7-10/h4-5,10H,1-3,6-9H2/b5-4+. The molecule has 0 atom stereocenters. The van der Waals surface area contributed by atoms with Crippen molar-refractivity contribution in [1.29, 1.82) is 0 Å². The van der Waals surface area contributed by atoms with E-state index in [0.717, 1.165) is 11.2 Å². The highest BCUT2D eigenvalue weighted by Crippen LogP contribution is 2.26. The molecule has 1 aliphatic carbocycles. The molecule has 1 heteroatoms. The van der Waals surface area contributed by atoms with E-state index in [1.54, 1.807) is 0 Å². The highest BCUT2D eigenvalue weighted by Gasteiger charge is 2.10.